The summed E-state index contributed by atoms with van der Waals surface area (Å²) in [4.78, 5) is 2.41. The summed E-state index contributed by atoms with van der Waals surface area (Å²) in [5.41, 5.74) is 0. The van der Waals surface area contributed by atoms with Crippen molar-refractivity contribution in [2.75, 3.05) is 6.54 Å². The summed E-state index contributed by atoms with van der Waals surface area (Å²) in [6.07, 6.45) is 1.81. The third kappa shape index (κ3) is 1.85. The van der Waals surface area contributed by atoms with Crippen molar-refractivity contribution in [3.63, 3.8) is 0 Å². The van der Waals surface area contributed by atoms with Crippen LogP contribution < -0.4 is 0 Å². The number of fused-ring (bicyclic) bond motifs is 1. The highest BCUT2D eigenvalue weighted by Crippen LogP contribution is 2.26. The van der Waals surface area contributed by atoms with Crippen LogP contribution in [0.4, 0.5) is 0 Å². The lowest BCUT2D eigenvalue weighted by Gasteiger charge is -2.36. The van der Waals surface area contributed by atoms with E-state index in [1.165, 1.54) is 0 Å². The van der Waals surface area contributed by atoms with E-state index in [9.17, 15) is 0 Å². The first-order valence-electron chi connectivity index (χ1n) is 4.38. The first-order valence-corrected chi connectivity index (χ1v) is 5.46. The Labute approximate surface area is 91.5 Å². The van der Waals surface area contributed by atoms with Gasteiger partial charge in [0.1, 0.15) is 12.2 Å². The smallest absolute Gasteiger partial charge is 0.147 e. The molecule has 0 amide bonds. The molecule has 1 aromatic heterocycles. The Hall–Kier alpha value is -0.170. The van der Waals surface area contributed by atoms with Crippen LogP contribution in [0.1, 0.15) is 19.7 Å². The molecule has 0 unspecified atom stereocenters. The molecule has 2 heterocycles. The predicted octanol–water partition coefficient (Wildman–Crippen LogP) is 1.26. The van der Waals surface area contributed by atoms with E-state index in [4.69, 9.17) is 0 Å². The third-order valence-electron chi connectivity index (χ3n) is 2.39. The van der Waals surface area contributed by atoms with Gasteiger partial charge in [0, 0.05) is 13.1 Å². The summed E-state index contributed by atoms with van der Waals surface area (Å²) in [5.74, 6) is 1.08. The predicted molar refractivity (Wildman–Crippen MR) is 58.5 cm³/mol. The minimum Gasteiger partial charge on any atom is -0.315 e. The summed E-state index contributed by atoms with van der Waals surface area (Å²) in [7, 11) is 0. The lowest BCUT2D eigenvalue weighted by atomic mass is 10.2. The molecule has 5 heteroatoms. The molecule has 0 radical (unpaired) electrons. The summed E-state index contributed by atoms with van der Waals surface area (Å²) in [5, 5.41) is 7.99. The largest absolute Gasteiger partial charge is 0.315 e. The summed E-state index contributed by atoms with van der Waals surface area (Å²) in [6, 6.07) is 0. The Balaban J connectivity index is 2.18. The van der Waals surface area contributed by atoms with Gasteiger partial charge in [-0.15, -0.1) is 10.2 Å². The van der Waals surface area contributed by atoms with E-state index in [0.717, 1.165) is 25.5 Å². The molecule has 0 N–H and O–H groups in total. The normalized spacial score (nSPS) is 18.7. The van der Waals surface area contributed by atoms with Gasteiger partial charge >= 0.3 is 0 Å². The number of hydrogen-bond donors (Lipinski definition) is 0. The average Bonchev–Trinajstić information content (AvgIpc) is 2.47. The minimum atomic E-state index is 0.203. The zero-order valence-electron chi connectivity index (χ0n) is 7.87. The van der Waals surface area contributed by atoms with E-state index in [1.54, 1.807) is 0 Å². The zero-order valence-corrected chi connectivity index (χ0v) is 10.0. The molecule has 1 aliphatic heterocycles. The molecule has 0 bridgehead atoms. The number of nitrogens with zero attached hydrogens (tertiary/aromatic N) is 4. The van der Waals surface area contributed by atoms with Gasteiger partial charge in [-0.25, -0.2) is 0 Å². The van der Waals surface area contributed by atoms with Crippen LogP contribution in [-0.4, -0.2) is 29.8 Å². The van der Waals surface area contributed by atoms with Gasteiger partial charge < -0.3 is 4.57 Å². The molecular weight excluding hydrogens is 279 g/mol. The third-order valence-corrected chi connectivity index (χ3v) is 3.07. The molecule has 0 atom stereocenters. The second-order valence-electron chi connectivity index (χ2n) is 3.77. The molecule has 1 aromatic rings. The topological polar surface area (TPSA) is 34.0 Å². The first-order chi connectivity index (χ1) is 6.07. The van der Waals surface area contributed by atoms with Crippen molar-refractivity contribution in [1.82, 2.24) is 19.7 Å². The number of hydrogen-bond acceptors (Lipinski definition) is 3. The second-order valence-corrected chi connectivity index (χ2v) is 6.41. The van der Waals surface area contributed by atoms with Crippen molar-refractivity contribution in [1.29, 1.82) is 0 Å². The van der Waals surface area contributed by atoms with E-state index in [2.05, 4.69) is 56.1 Å². The minimum absolute atomic E-state index is 0.203. The molecule has 0 aromatic carbocycles. The zero-order chi connectivity index (χ0) is 9.47. The van der Waals surface area contributed by atoms with Gasteiger partial charge in [0.2, 0.25) is 0 Å². The standard InChI is InChI=1S/C8H13IN4/c1-8(2,9)13-4-3-12-6-10-11-7(12)5-13/h6H,3-5H2,1-2H3. The quantitative estimate of drug-likeness (QED) is 0.444. The van der Waals surface area contributed by atoms with Crippen molar-refractivity contribution < 1.29 is 0 Å². The molecule has 0 saturated carbocycles. The van der Waals surface area contributed by atoms with E-state index in [0.29, 0.717) is 0 Å². The van der Waals surface area contributed by atoms with Crippen LogP contribution in [0.3, 0.4) is 0 Å². The first kappa shape index (κ1) is 9.39. The van der Waals surface area contributed by atoms with Crippen molar-refractivity contribution in [2.24, 2.45) is 0 Å². The maximum absolute atomic E-state index is 4.09. The average molecular weight is 292 g/mol. The monoisotopic (exact) mass is 292 g/mol. The van der Waals surface area contributed by atoms with Crippen LogP contribution in [0.25, 0.3) is 0 Å². The van der Waals surface area contributed by atoms with Crippen molar-refractivity contribution in [3.05, 3.63) is 12.2 Å². The second kappa shape index (κ2) is 3.20. The molecule has 1 aliphatic rings. The fourth-order valence-corrected chi connectivity index (χ4v) is 1.93. The van der Waals surface area contributed by atoms with Gasteiger partial charge in [-0.3, -0.25) is 4.90 Å². The van der Waals surface area contributed by atoms with E-state index in [1.807, 2.05) is 6.33 Å². The van der Waals surface area contributed by atoms with Crippen LogP contribution >= 0.6 is 22.6 Å². The van der Waals surface area contributed by atoms with E-state index < -0.39 is 0 Å². The number of halogens is 1. The van der Waals surface area contributed by atoms with Crippen LogP contribution in [-0.2, 0) is 13.1 Å². The van der Waals surface area contributed by atoms with Crippen LogP contribution in [0.15, 0.2) is 6.33 Å². The van der Waals surface area contributed by atoms with Gasteiger partial charge in [-0.05, 0) is 13.8 Å². The Kier molecular flexibility index (Phi) is 2.31. The molecule has 0 spiro atoms. The Morgan fingerprint density at radius 2 is 2.23 bits per heavy atom. The molecule has 0 saturated heterocycles. The maximum Gasteiger partial charge on any atom is 0.147 e. The maximum atomic E-state index is 4.09. The van der Waals surface area contributed by atoms with Gasteiger partial charge in [-0.2, -0.15) is 0 Å². The molecular formula is C8H13IN4. The van der Waals surface area contributed by atoms with E-state index >= 15 is 0 Å². The lowest BCUT2D eigenvalue weighted by molar-refractivity contribution is 0.162. The number of aromatic nitrogens is 3. The fourth-order valence-electron chi connectivity index (χ4n) is 1.52. The van der Waals surface area contributed by atoms with Crippen molar-refractivity contribution in [2.45, 2.75) is 30.5 Å². The molecule has 0 aliphatic carbocycles. The highest BCUT2D eigenvalue weighted by Gasteiger charge is 2.27. The highest BCUT2D eigenvalue weighted by molar-refractivity contribution is 14.1. The highest BCUT2D eigenvalue weighted by atomic mass is 127. The number of rotatable bonds is 1. The Bertz CT molecular complexity index is 301. The molecule has 4 nitrogen and oxygen atoms in total. The van der Waals surface area contributed by atoms with Crippen molar-refractivity contribution in [3.8, 4) is 0 Å². The summed E-state index contributed by atoms with van der Waals surface area (Å²) >= 11 is 2.46. The van der Waals surface area contributed by atoms with Gasteiger partial charge in [0.05, 0.1) is 10.1 Å². The summed E-state index contributed by atoms with van der Waals surface area (Å²) in [6.45, 7) is 7.45. The van der Waals surface area contributed by atoms with Crippen molar-refractivity contribution >= 4 is 22.6 Å². The number of alkyl halides is 1. The van der Waals surface area contributed by atoms with Gasteiger partial charge in [-0.1, -0.05) is 22.6 Å². The molecule has 0 fully saturated rings. The van der Waals surface area contributed by atoms with E-state index in [-0.39, 0.29) is 3.55 Å². The van der Waals surface area contributed by atoms with Crippen LogP contribution in [0.2, 0.25) is 0 Å². The van der Waals surface area contributed by atoms with Crippen LogP contribution in [0.5, 0.6) is 0 Å². The van der Waals surface area contributed by atoms with Gasteiger partial charge in [0.15, 0.2) is 0 Å². The lowest BCUT2D eigenvalue weighted by Crippen LogP contribution is -2.43. The fraction of sp³-hybridized carbons (Fsp3) is 0.750. The molecule has 13 heavy (non-hydrogen) atoms. The molecule has 72 valence electrons. The Morgan fingerprint density at radius 3 is 2.92 bits per heavy atom. The SMILES string of the molecule is CC(C)(I)N1CCn2cnnc2C1. The Morgan fingerprint density at radius 1 is 1.46 bits per heavy atom. The summed E-state index contributed by atoms with van der Waals surface area (Å²) < 4.78 is 2.33. The molecule has 2 rings (SSSR count). The van der Waals surface area contributed by atoms with Gasteiger partial charge in [0.25, 0.3) is 0 Å². The van der Waals surface area contributed by atoms with Crippen LogP contribution in [0, 0.1) is 0 Å².